The molecule has 32 heavy (non-hydrogen) atoms. The van der Waals surface area contributed by atoms with Crippen molar-refractivity contribution in [2.45, 2.75) is 13.3 Å². The highest BCUT2D eigenvalue weighted by atomic mass is 32.2. The molecule has 1 amide bonds. The van der Waals surface area contributed by atoms with Gasteiger partial charge in [-0.2, -0.15) is 0 Å². The third-order valence-electron chi connectivity index (χ3n) is 5.84. The molecule has 1 N–H and O–H groups in total. The van der Waals surface area contributed by atoms with Gasteiger partial charge in [-0.15, -0.1) is 0 Å². The Morgan fingerprint density at radius 1 is 1.03 bits per heavy atom. The number of thioether (sulfide) groups is 1. The number of carbonyl (C=O) groups excluding carboxylic acids is 1. The number of carbonyl (C=O) groups is 1. The molecule has 0 radical (unpaired) electrons. The Balaban J connectivity index is 1.46. The highest BCUT2D eigenvalue weighted by Crippen LogP contribution is 2.34. The van der Waals surface area contributed by atoms with Crippen LogP contribution in [0, 0.1) is 6.92 Å². The maximum Gasteiger partial charge on any atom is 0.266 e. The number of aromatic nitrogens is 2. The molecule has 0 bridgehead atoms. The lowest BCUT2D eigenvalue weighted by Gasteiger charge is -2.15. The van der Waals surface area contributed by atoms with E-state index >= 15 is 0 Å². The zero-order valence-corrected chi connectivity index (χ0v) is 18.9. The first kappa shape index (κ1) is 20.4. The van der Waals surface area contributed by atoms with E-state index in [-0.39, 0.29) is 5.91 Å². The van der Waals surface area contributed by atoms with Crippen LogP contribution in [0.2, 0.25) is 0 Å². The van der Waals surface area contributed by atoms with Crippen LogP contribution < -0.4 is 0 Å². The number of nitrogens with one attached hydrogen (secondary N) is 1. The van der Waals surface area contributed by atoms with Crippen LogP contribution in [0.3, 0.4) is 0 Å². The van der Waals surface area contributed by atoms with Crippen molar-refractivity contribution in [2.24, 2.45) is 12.0 Å². The predicted molar refractivity (Wildman–Crippen MR) is 133 cm³/mol. The lowest BCUT2D eigenvalue weighted by molar-refractivity contribution is -0.122. The second kappa shape index (κ2) is 8.55. The number of hydrogen-bond acceptors (Lipinski definition) is 3. The summed E-state index contributed by atoms with van der Waals surface area (Å²) in [5, 5.41) is 1.92. The SMILES string of the molecule is Cc1ccc(/C=C2\SC(=Nc3ccccc3)N(CCc3c[nH]c4ccccc34)C2=O)n1C. The summed E-state index contributed by atoms with van der Waals surface area (Å²) in [5.74, 6) is 0.00313. The van der Waals surface area contributed by atoms with Crippen molar-refractivity contribution in [2.75, 3.05) is 6.54 Å². The van der Waals surface area contributed by atoms with Crippen LogP contribution >= 0.6 is 11.8 Å². The fraction of sp³-hybridized carbons (Fsp3) is 0.154. The number of nitrogens with zero attached hydrogens (tertiary/aromatic N) is 3. The van der Waals surface area contributed by atoms with Crippen molar-refractivity contribution >= 4 is 45.5 Å². The largest absolute Gasteiger partial charge is 0.361 e. The van der Waals surface area contributed by atoms with Gasteiger partial charge in [-0.1, -0.05) is 36.4 Å². The minimum atomic E-state index is 0.00313. The molecule has 1 fully saturated rings. The number of aliphatic imine (C=N–C) groups is 1. The van der Waals surface area contributed by atoms with E-state index in [2.05, 4.69) is 34.7 Å². The average molecular weight is 441 g/mol. The summed E-state index contributed by atoms with van der Waals surface area (Å²) < 4.78 is 2.09. The van der Waals surface area contributed by atoms with Gasteiger partial charge >= 0.3 is 0 Å². The molecule has 160 valence electrons. The monoisotopic (exact) mass is 440 g/mol. The molecule has 1 aliphatic rings. The maximum absolute atomic E-state index is 13.4. The molecule has 0 spiro atoms. The van der Waals surface area contributed by atoms with Crippen molar-refractivity contribution in [3.8, 4) is 0 Å². The van der Waals surface area contributed by atoms with Crippen LogP contribution in [-0.2, 0) is 18.3 Å². The number of amides is 1. The summed E-state index contributed by atoms with van der Waals surface area (Å²) in [5.41, 5.74) is 5.32. The Bertz CT molecular complexity index is 1350. The molecule has 0 atom stereocenters. The highest BCUT2D eigenvalue weighted by Gasteiger charge is 2.33. The maximum atomic E-state index is 13.4. The molecule has 2 aromatic heterocycles. The quantitative estimate of drug-likeness (QED) is 0.407. The molecule has 5 rings (SSSR count). The van der Waals surface area contributed by atoms with Crippen LogP contribution in [0.5, 0.6) is 0 Å². The first-order valence-electron chi connectivity index (χ1n) is 10.6. The molecule has 6 heteroatoms. The van der Waals surface area contributed by atoms with E-state index in [1.807, 2.05) is 67.9 Å². The van der Waals surface area contributed by atoms with E-state index in [4.69, 9.17) is 4.99 Å². The number of aryl methyl sites for hydroxylation is 1. The summed E-state index contributed by atoms with van der Waals surface area (Å²) in [6, 6.07) is 22.1. The Labute approximate surface area is 191 Å². The van der Waals surface area contributed by atoms with Gasteiger partial charge in [0.15, 0.2) is 5.17 Å². The Hall–Kier alpha value is -3.51. The number of rotatable bonds is 5. The summed E-state index contributed by atoms with van der Waals surface area (Å²) in [6.45, 7) is 2.63. The smallest absolute Gasteiger partial charge is 0.266 e. The van der Waals surface area contributed by atoms with Gasteiger partial charge in [0.1, 0.15) is 0 Å². The van der Waals surface area contributed by atoms with Crippen molar-refractivity contribution < 1.29 is 4.79 Å². The van der Waals surface area contributed by atoms with Crippen LogP contribution in [0.25, 0.3) is 17.0 Å². The van der Waals surface area contributed by atoms with E-state index in [1.165, 1.54) is 22.7 Å². The fourth-order valence-electron chi connectivity index (χ4n) is 3.88. The predicted octanol–water partition coefficient (Wildman–Crippen LogP) is 5.66. The number of aromatic amines is 1. The summed E-state index contributed by atoms with van der Waals surface area (Å²) >= 11 is 1.44. The average Bonchev–Trinajstić information content (AvgIpc) is 3.45. The van der Waals surface area contributed by atoms with Gasteiger partial charge in [-0.05, 0) is 67.1 Å². The first-order valence-corrected chi connectivity index (χ1v) is 11.4. The molecule has 5 nitrogen and oxygen atoms in total. The zero-order chi connectivity index (χ0) is 22.1. The van der Waals surface area contributed by atoms with E-state index in [0.717, 1.165) is 34.2 Å². The Kier molecular flexibility index (Phi) is 5.45. The van der Waals surface area contributed by atoms with Crippen molar-refractivity contribution in [1.82, 2.24) is 14.5 Å². The normalized spacial score (nSPS) is 16.7. The zero-order valence-electron chi connectivity index (χ0n) is 18.1. The van der Waals surface area contributed by atoms with Crippen LogP contribution in [0.1, 0.15) is 17.0 Å². The van der Waals surface area contributed by atoms with E-state index in [0.29, 0.717) is 11.4 Å². The van der Waals surface area contributed by atoms with Gasteiger partial charge in [0.05, 0.1) is 10.6 Å². The number of benzene rings is 2. The summed E-state index contributed by atoms with van der Waals surface area (Å²) in [6.07, 6.45) is 4.75. The molecular formula is C26H24N4OS. The molecule has 0 unspecified atom stereocenters. The fourth-order valence-corrected chi connectivity index (χ4v) is 4.89. The molecule has 2 aromatic carbocycles. The van der Waals surface area contributed by atoms with E-state index in [9.17, 15) is 4.79 Å². The van der Waals surface area contributed by atoms with Crippen molar-refractivity contribution in [3.05, 3.63) is 94.8 Å². The standard InChI is InChI=1S/C26H24N4OS/c1-18-12-13-21(29(18)2)16-24-25(31)30(26(32-24)28-20-8-4-3-5-9-20)15-14-19-17-27-23-11-7-6-10-22(19)23/h3-13,16-17,27H,14-15H2,1-2H3/b24-16-,28-26?. The number of para-hydroxylation sites is 2. The van der Waals surface area contributed by atoms with E-state index in [1.54, 1.807) is 4.90 Å². The first-order chi connectivity index (χ1) is 15.6. The van der Waals surface area contributed by atoms with Gasteiger partial charge < -0.3 is 9.55 Å². The third kappa shape index (κ3) is 3.89. The van der Waals surface area contributed by atoms with Gasteiger partial charge in [0, 0.05) is 42.1 Å². The van der Waals surface area contributed by atoms with Gasteiger partial charge in [-0.3, -0.25) is 9.69 Å². The number of amidine groups is 1. The topological polar surface area (TPSA) is 53.4 Å². The third-order valence-corrected chi connectivity index (χ3v) is 6.85. The number of hydrogen-bond donors (Lipinski definition) is 1. The highest BCUT2D eigenvalue weighted by molar-refractivity contribution is 8.18. The van der Waals surface area contributed by atoms with Gasteiger partial charge in [0.25, 0.3) is 5.91 Å². The minimum absolute atomic E-state index is 0.00313. The lowest BCUT2D eigenvalue weighted by Crippen LogP contribution is -2.31. The second-order valence-corrected chi connectivity index (χ2v) is 8.87. The summed E-state index contributed by atoms with van der Waals surface area (Å²) in [4.78, 5) is 24.0. The van der Waals surface area contributed by atoms with E-state index < -0.39 is 0 Å². The number of H-pyrrole nitrogens is 1. The number of fused-ring (bicyclic) bond motifs is 1. The summed E-state index contributed by atoms with van der Waals surface area (Å²) in [7, 11) is 2.01. The Morgan fingerprint density at radius 2 is 1.81 bits per heavy atom. The van der Waals surface area contributed by atoms with Crippen LogP contribution in [-0.4, -0.2) is 32.1 Å². The molecule has 1 saturated heterocycles. The molecular weight excluding hydrogens is 416 g/mol. The lowest BCUT2D eigenvalue weighted by atomic mass is 10.1. The molecule has 1 aliphatic heterocycles. The molecule has 0 aliphatic carbocycles. The second-order valence-electron chi connectivity index (χ2n) is 7.87. The van der Waals surface area contributed by atoms with Crippen LogP contribution in [0.15, 0.2) is 82.8 Å². The molecule has 3 heterocycles. The minimum Gasteiger partial charge on any atom is -0.361 e. The van der Waals surface area contributed by atoms with Gasteiger partial charge in [0.2, 0.25) is 0 Å². The molecule has 4 aromatic rings. The Morgan fingerprint density at radius 3 is 2.59 bits per heavy atom. The van der Waals surface area contributed by atoms with Crippen molar-refractivity contribution in [1.29, 1.82) is 0 Å². The van der Waals surface area contributed by atoms with Gasteiger partial charge in [-0.25, -0.2) is 4.99 Å². The van der Waals surface area contributed by atoms with Crippen molar-refractivity contribution in [3.63, 3.8) is 0 Å². The molecule has 0 saturated carbocycles. The van der Waals surface area contributed by atoms with Crippen LogP contribution in [0.4, 0.5) is 5.69 Å².